The zero-order chi connectivity index (χ0) is 16.2. The molecule has 3 rings (SSSR count). The molecule has 0 spiro atoms. The number of thioether (sulfide) groups is 1. The van der Waals surface area contributed by atoms with E-state index in [2.05, 4.69) is 15.4 Å². The standard InChI is InChI=1S/C16H14Cl2N4S/c1-11-4-2-3-5-13(11)16-19-21-22(20-16)8-9-23-15-10-12(17)6-7-14(15)18/h2-7,10H,8-9H2,1H3. The average Bonchev–Trinajstić information content (AvgIpc) is 3.00. The van der Waals surface area contributed by atoms with Crippen molar-refractivity contribution in [2.24, 2.45) is 0 Å². The molecule has 0 amide bonds. The fourth-order valence-electron chi connectivity index (χ4n) is 2.09. The first kappa shape index (κ1) is 16.3. The van der Waals surface area contributed by atoms with Gasteiger partial charge in [-0.05, 0) is 35.9 Å². The van der Waals surface area contributed by atoms with E-state index in [4.69, 9.17) is 23.2 Å². The molecular weight excluding hydrogens is 351 g/mol. The minimum Gasteiger partial charge on any atom is -0.163 e. The third kappa shape index (κ3) is 4.05. The van der Waals surface area contributed by atoms with E-state index in [0.29, 0.717) is 22.4 Å². The molecule has 0 saturated heterocycles. The van der Waals surface area contributed by atoms with Gasteiger partial charge >= 0.3 is 0 Å². The minimum absolute atomic E-state index is 0.645. The van der Waals surface area contributed by atoms with Gasteiger partial charge in [-0.3, -0.25) is 0 Å². The quantitative estimate of drug-likeness (QED) is 0.612. The van der Waals surface area contributed by atoms with E-state index in [9.17, 15) is 0 Å². The lowest BCUT2D eigenvalue weighted by Crippen LogP contribution is -2.04. The van der Waals surface area contributed by atoms with E-state index in [-0.39, 0.29) is 0 Å². The summed E-state index contributed by atoms with van der Waals surface area (Å²) in [7, 11) is 0. The second kappa shape index (κ2) is 7.34. The molecule has 4 nitrogen and oxygen atoms in total. The van der Waals surface area contributed by atoms with Crippen molar-refractivity contribution in [1.82, 2.24) is 20.2 Å². The highest BCUT2D eigenvalue weighted by molar-refractivity contribution is 7.99. The SMILES string of the molecule is Cc1ccccc1-c1nnn(CCSc2cc(Cl)ccc2Cl)n1. The molecule has 0 saturated carbocycles. The van der Waals surface area contributed by atoms with Gasteiger partial charge in [0, 0.05) is 21.2 Å². The van der Waals surface area contributed by atoms with Crippen LogP contribution in [0.25, 0.3) is 11.4 Å². The summed E-state index contributed by atoms with van der Waals surface area (Å²) < 4.78 is 0. The molecule has 3 aromatic rings. The van der Waals surface area contributed by atoms with Crippen LogP contribution < -0.4 is 0 Å². The molecule has 0 aliphatic carbocycles. The van der Waals surface area contributed by atoms with Gasteiger partial charge in [-0.1, -0.05) is 47.5 Å². The van der Waals surface area contributed by atoms with Gasteiger partial charge < -0.3 is 0 Å². The number of benzene rings is 2. The zero-order valence-electron chi connectivity index (χ0n) is 12.4. The van der Waals surface area contributed by atoms with Crippen molar-refractivity contribution in [3.8, 4) is 11.4 Å². The molecule has 23 heavy (non-hydrogen) atoms. The van der Waals surface area contributed by atoms with Crippen molar-refractivity contribution >= 4 is 35.0 Å². The Morgan fingerprint density at radius 2 is 1.96 bits per heavy atom. The summed E-state index contributed by atoms with van der Waals surface area (Å²) in [6.45, 7) is 2.68. The lowest BCUT2D eigenvalue weighted by molar-refractivity contribution is 0.557. The molecule has 118 valence electrons. The first-order valence-corrected chi connectivity index (χ1v) is 8.79. The normalized spacial score (nSPS) is 10.9. The summed E-state index contributed by atoms with van der Waals surface area (Å²) in [6.07, 6.45) is 0. The molecule has 1 aromatic heterocycles. The van der Waals surface area contributed by atoms with E-state index < -0.39 is 0 Å². The van der Waals surface area contributed by atoms with Crippen LogP contribution in [0.3, 0.4) is 0 Å². The summed E-state index contributed by atoms with van der Waals surface area (Å²) in [5, 5.41) is 14.1. The molecule has 1 heterocycles. The predicted octanol–water partition coefficient (Wildman–Crippen LogP) is 4.75. The van der Waals surface area contributed by atoms with Crippen LogP contribution in [0.5, 0.6) is 0 Å². The number of halogens is 2. The smallest absolute Gasteiger partial charge is 0.163 e. The molecule has 0 aliphatic heterocycles. The summed E-state index contributed by atoms with van der Waals surface area (Å²) in [6, 6.07) is 13.4. The van der Waals surface area contributed by atoms with E-state index in [0.717, 1.165) is 21.8 Å². The predicted molar refractivity (Wildman–Crippen MR) is 95.2 cm³/mol. The van der Waals surface area contributed by atoms with Crippen LogP contribution in [0.2, 0.25) is 10.0 Å². The number of rotatable bonds is 5. The Morgan fingerprint density at radius 3 is 2.78 bits per heavy atom. The summed E-state index contributed by atoms with van der Waals surface area (Å²) in [5.41, 5.74) is 2.14. The van der Waals surface area contributed by atoms with Crippen molar-refractivity contribution in [3.63, 3.8) is 0 Å². The fraction of sp³-hybridized carbons (Fsp3) is 0.188. The second-order valence-corrected chi connectivity index (χ2v) is 6.93. The minimum atomic E-state index is 0.645. The summed E-state index contributed by atoms with van der Waals surface area (Å²) in [5.74, 6) is 1.43. The van der Waals surface area contributed by atoms with Gasteiger partial charge in [0.15, 0.2) is 0 Å². The zero-order valence-corrected chi connectivity index (χ0v) is 14.7. The van der Waals surface area contributed by atoms with E-state index in [1.807, 2.05) is 37.3 Å². The number of nitrogens with zero attached hydrogens (tertiary/aromatic N) is 4. The number of hydrogen-bond donors (Lipinski definition) is 0. The molecule has 0 atom stereocenters. The number of aromatic nitrogens is 4. The Morgan fingerprint density at radius 1 is 1.13 bits per heavy atom. The monoisotopic (exact) mass is 364 g/mol. The third-order valence-corrected chi connectivity index (χ3v) is 4.99. The van der Waals surface area contributed by atoms with Gasteiger partial charge in [0.05, 0.1) is 11.6 Å². The highest BCUT2D eigenvalue weighted by Gasteiger charge is 2.08. The molecule has 0 unspecified atom stereocenters. The van der Waals surface area contributed by atoms with Gasteiger partial charge in [0.25, 0.3) is 0 Å². The fourth-order valence-corrected chi connectivity index (χ4v) is 3.50. The van der Waals surface area contributed by atoms with Crippen molar-refractivity contribution in [2.45, 2.75) is 18.4 Å². The highest BCUT2D eigenvalue weighted by Crippen LogP contribution is 2.29. The molecular formula is C16H14Cl2N4S. The lowest BCUT2D eigenvalue weighted by atomic mass is 10.1. The summed E-state index contributed by atoms with van der Waals surface area (Å²) >= 11 is 13.8. The van der Waals surface area contributed by atoms with Gasteiger partial charge in [0.1, 0.15) is 0 Å². The number of aryl methyl sites for hydroxylation is 2. The lowest BCUT2D eigenvalue weighted by Gasteiger charge is -2.04. The molecule has 0 N–H and O–H groups in total. The number of hydrogen-bond acceptors (Lipinski definition) is 4. The maximum absolute atomic E-state index is 6.15. The van der Waals surface area contributed by atoms with Crippen LogP contribution in [0, 0.1) is 6.92 Å². The van der Waals surface area contributed by atoms with E-state index in [1.54, 1.807) is 28.7 Å². The Hall–Kier alpha value is -1.56. The molecule has 7 heteroatoms. The van der Waals surface area contributed by atoms with Crippen LogP contribution >= 0.6 is 35.0 Å². The Labute approximate surface area is 148 Å². The molecule has 0 radical (unpaired) electrons. The van der Waals surface area contributed by atoms with Gasteiger partial charge in [-0.2, -0.15) is 4.80 Å². The highest BCUT2D eigenvalue weighted by atomic mass is 35.5. The van der Waals surface area contributed by atoms with Gasteiger partial charge in [-0.25, -0.2) is 0 Å². The first-order chi connectivity index (χ1) is 11.1. The van der Waals surface area contributed by atoms with Crippen LogP contribution in [0.15, 0.2) is 47.4 Å². The molecule has 0 bridgehead atoms. The van der Waals surface area contributed by atoms with Crippen LogP contribution in [-0.4, -0.2) is 26.0 Å². The summed E-state index contributed by atoms with van der Waals surface area (Å²) in [4.78, 5) is 2.56. The molecule has 0 aliphatic rings. The van der Waals surface area contributed by atoms with E-state index in [1.165, 1.54) is 0 Å². The van der Waals surface area contributed by atoms with Crippen molar-refractivity contribution in [2.75, 3.05) is 5.75 Å². The van der Waals surface area contributed by atoms with Crippen LogP contribution in [-0.2, 0) is 6.54 Å². The Bertz CT molecular complexity index is 819. The first-order valence-electron chi connectivity index (χ1n) is 7.05. The van der Waals surface area contributed by atoms with E-state index >= 15 is 0 Å². The average molecular weight is 365 g/mol. The number of tetrazole rings is 1. The topological polar surface area (TPSA) is 43.6 Å². The maximum Gasteiger partial charge on any atom is 0.205 e. The van der Waals surface area contributed by atoms with Crippen molar-refractivity contribution < 1.29 is 0 Å². The van der Waals surface area contributed by atoms with Crippen molar-refractivity contribution in [3.05, 3.63) is 58.1 Å². The van der Waals surface area contributed by atoms with Crippen LogP contribution in [0.1, 0.15) is 5.56 Å². The molecule has 0 fully saturated rings. The Balaban J connectivity index is 1.64. The van der Waals surface area contributed by atoms with Gasteiger partial charge in [-0.15, -0.1) is 22.0 Å². The van der Waals surface area contributed by atoms with Gasteiger partial charge in [0.2, 0.25) is 5.82 Å². The maximum atomic E-state index is 6.15. The third-order valence-electron chi connectivity index (χ3n) is 3.28. The molecule has 2 aromatic carbocycles. The van der Waals surface area contributed by atoms with Crippen molar-refractivity contribution in [1.29, 1.82) is 0 Å². The second-order valence-electron chi connectivity index (χ2n) is 4.95. The van der Waals surface area contributed by atoms with Crippen LogP contribution in [0.4, 0.5) is 0 Å². The largest absolute Gasteiger partial charge is 0.205 e. The Kier molecular flexibility index (Phi) is 5.20.